The maximum atomic E-state index is 14.1. The van der Waals surface area contributed by atoms with Gasteiger partial charge in [-0.3, -0.25) is 4.79 Å². The average molecular weight is 442 g/mol. The highest BCUT2D eigenvalue weighted by molar-refractivity contribution is 5.78. The predicted octanol–water partition coefficient (Wildman–Crippen LogP) is 3.60. The molecule has 3 amide bonds. The van der Waals surface area contributed by atoms with E-state index in [0.29, 0.717) is 51.1 Å². The Bertz CT molecular complexity index is 922. The molecule has 1 N–H and O–H groups in total. The molecule has 0 aliphatic carbocycles. The van der Waals surface area contributed by atoms with Crippen molar-refractivity contribution in [2.75, 3.05) is 39.8 Å². The van der Waals surface area contributed by atoms with Crippen molar-refractivity contribution in [3.05, 3.63) is 65.5 Å². The number of nitrogens with zero attached hydrogens (tertiary/aromatic N) is 2. The number of carbonyl (C=O) groups excluding carboxylic acids is 2. The van der Waals surface area contributed by atoms with Crippen molar-refractivity contribution < 1.29 is 18.7 Å². The van der Waals surface area contributed by atoms with Gasteiger partial charge in [-0.2, -0.15) is 0 Å². The van der Waals surface area contributed by atoms with Crippen LogP contribution in [0, 0.1) is 5.82 Å². The number of carbonyl (C=O) groups is 2. The third-order valence-electron chi connectivity index (χ3n) is 5.99. The Morgan fingerprint density at radius 2 is 1.62 bits per heavy atom. The summed E-state index contributed by atoms with van der Waals surface area (Å²) in [4.78, 5) is 28.7. The highest BCUT2D eigenvalue weighted by Crippen LogP contribution is 2.25. The molecule has 0 radical (unpaired) electrons. The lowest BCUT2D eigenvalue weighted by Gasteiger charge is -2.35. The molecule has 1 fully saturated rings. The highest BCUT2D eigenvalue weighted by atomic mass is 19.1. The zero-order chi connectivity index (χ0) is 23.1. The molecule has 32 heavy (non-hydrogen) atoms. The first-order valence-corrected chi connectivity index (χ1v) is 11.0. The Balaban J connectivity index is 1.42. The highest BCUT2D eigenvalue weighted by Gasteiger charge is 2.27. The molecule has 0 unspecified atom stereocenters. The number of hydrogen-bond donors (Lipinski definition) is 1. The van der Waals surface area contributed by atoms with Crippen LogP contribution in [-0.2, 0) is 16.6 Å². The summed E-state index contributed by atoms with van der Waals surface area (Å²) in [5.41, 5.74) is 1.14. The van der Waals surface area contributed by atoms with Gasteiger partial charge in [0.25, 0.3) is 0 Å². The van der Waals surface area contributed by atoms with Crippen LogP contribution in [0.15, 0.2) is 48.5 Å². The topological polar surface area (TPSA) is 61.9 Å². The first-order valence-electron chi connectivity index (χ1n) is 11.0. The molecule has 0 spiro atoms. The molecule has 172 valence electrons. The summed E-state index contributed by atoms with van der Waals surface area (Å²) in [6.45, 7) is 6.15. The number of halogens is 1. The fourth-order valence-electron chi connectivity index (χ4n) is 3.87. The number of ether oxygens (including phenoxy) is 1. The van der Waals surface area contributed by atoms with Crippen LogP contribution in [0.4, 0.5) is 9.18 Å². The van der Waals surface area contributed by atoms with Gasteiger partial charge in [-0.1, -0.05) is 44.2 Å². The van der Waals surface area contributed by atoms with Crippen LogP contribution < -0.4 is 10.1 Å². The smallest absolute Gasteiger partial charge is 0.317 e. The van der Waals surface area contributed by atoms with Gasteiger partial charge in [0, 0.05) is 44.6 Å². The normalized spacial score (nSPS) is 14.2. The van der Waals surface area contributed by atoms with E-state index in [9.17, 15) is 14.0 Å². The molecule has 1 aliphatic heterocycles. The molecule has 6 nitrogen and oxygen atoms in total. The summed E-state index contributed by atoms with van der Waals surface area (Å²) >= 11 is 0. The lowest BCUT2D eigenvalue weighted by molar-refractivity contribution is -0.132. The van der Waals surface area contributed by atoms with Crippen LogP contribution in [0.2, 0.25) is 0 Å². The first-order chi connectivity index (χ1) is 15.3. The summed E-state index contributed by atoms with van der Waals surface area (Å²) in [6, 6.07) is 14.2. The van der Waals surface area contributed by atoms with Gasteiger partial charge < -0.3 is 19.9 Å². The maximum Gasteiger partial charge on any atom is 0.317 e. The summed E-state index contributed by atoms with van der Waals surface area (Å²) in [6.07, 6.45) is 1.12. The number of aryl methyl sites for hydroxylation is 1. The first kappa shape index (κ1) is 23.6. The molecule has 1 heterocycles. The van der Waals surface area contributed by atoms with Crippen LogP contribution in [-0.4, -0.2) is 61.6 Å². The Kier molecular flexibility index (Phi) is 7.72. The monoisotopic (exact) mass is 441 g/mol. The predicted molar refractivity (Wildman–Crippen MR) is 122 cm³/mol. The average Bonchev–Trinajstić information content (AvgIpc) is 2.81. The minimum absolute atomic E-state index is 0.0987. The Labute approximate surface area is 189 Å². The van der Waals surface area contributed by atoms with Gasteiger partial charge in [-0.25, -0.2) is 9.18 Å². The van der Waals surface area contributed by atoms with Crippen molar-refractivity contribution in [3.8, 4) is 5.75 Å². The van der Waals surface area contributed by atoms with Crippen molar-refractivity contribution in [3.63, 3.8) is 0 Å². The molecule has 0 aromatic heterocycles. The fourth-order valence-corrected chi connectivity index (χ4v) is 3.87. The molecule has 0 atom stereocenters. The summed E-state index contributed by atoms with van der Waals surface area (Å²) in [7, 11) is 1.63. The second-order valence-electron chi connectivity index (χ2n) is 8.74. The lowest BCUT2D eigenvalue weighted by Crippen LogP contribution is -2.54. The van der Waals surface area contributed by atoms with Gasteiger partial charge >= 0.3 is 6.03 Å². The number of hydrogen-bond acceptors (Lipinski definition) is 3. The van der Waals surface area contributed by atoms with Gasteiger partial charge in [-0.15, -0.1) is 0 Å². The van der Waals surface area contributed by atoms with Crippen LogP contribution in [0.1, 0.15) is 31.4 Å². The van der Waals surface area contributed by atoms with Gasteiger partial charge in [0.1, 0.15) is 11.6 Å². The number of piperazine rings is 1. The molecule has 3 rings (SSSR count). The van der Waals surface area contributed by atoms with E-state index in [4.69, 9.17) is 4.74 Å². The minimum atomic E-state index is -0.528. The molecule has 0 saturated carbocycles. The molecule has 1 saturated heterocycles. The van der Waals surface area contributed by atoms with E-state index in [1.54, 1.807) is 30.2 Å². The molecule has 0 bridgehead atoms. The lowest BCUT2D eigenvalue weighted by atomic mass is 9.84. The van der Waals surface area contributed by atoms with Crippen LogP contribution in [0.5, 0.6) is 5.75 Å². The van der Waals surface area contributed by atoms with Crippen molar-refractivity contribution >= 4 is 11.9 Å². The van der Waals surface area contributed by atoms with Crippen molar-refractivity contribution in [2.45, 2.75) is 32.1 Å². The van der Waals surface area contributed by atoms with Crippen molar-refractivity contribution in [2.24, 2.45) is 0 Å². The molecule has 2 aromatic carbocycles. The van der Waals surface area contributed by atoms with Crippen molar-refractivity contribution in [1.82, 2.24) is 15.1 Å². The van der Waals surface area contributed by atoms with E-state index in [1.165, 1.54) is 6.07 Å². The van der Waals surface area contributed by atoms with E-state index < -0.39 is 5.41 Å². The second-order valence-corrected chi connectivity index (χ2v) is 8.74. The third kappa shape index (κ3) is 5.99. The van der Waals surface area contributed by atoms with E-state index in [1.807, 2.05) is 43.0 Å². The number of amides is 3. The van der Waals surface area contributed by atoms with Crippen LogP contribution in [0.25, 0.3) is 0 Å². The molecule has 2 aromatic rings. The standard InChI is InChI=1S/C25H32FN3O3/c1-25(2,21-6-4-5-7-22(21)26)18-27-24(31)29-16-14-28(15-17-29)23(30)13-10-19-8-11-20(32-3)12-9-19/h4-9,11-12H,10,13-18H2,1-3H3,(H,27,31). The number of urea groups is 1. The van der Waals surface area contributed by atoms with Crippen LogP contribution >= 0.6 is 0 Å². The van der Waals surface area contributed by atoms with Gasteiger partial charge in [0.15, 0.2) is 0 Å². The summed E-state index contributed by atoms with van der Waals surface area (Å²) in [5, 5.41) is 2.93. The second kappa shape index (κ2) is 10.5. The van der Waals surface area contributed by atoms with E-state index >= 15 is 0 Å². The zero-order valence-electron chi connectivity index (χ0n) is 19.1. The summed E-state index contributed by atoms with van der Waals surface area (Å²) < 4.78 is 19.3. The Morgan fingerprint density at radius 3 is 2.25 bits per heavy atom. The van der Waals surface area contributed by atoms with Crippen LogP contribution in [0.3, 0.4) is 0 Å². The minimum Gasteiger partial charge on any atom is -0.497 e. The SMILES string of the molecule is COc1ccc(CCC(=O)N2CCN(C(=O)NCC(C)(C)c3ccccc3F)CC2)cc1. The summed E-state index contributed by atoms with van der Waals surface area (Å²) in [5.74, 6) is 0.627. The quantitative estimate of drug-likeness (QED) is 0.714. The number of rotatable bonds is 7. The van der Waals surface area contributed by atoms with Gasteiger partial charge in [0.05, 0.1) is 7.11 Å². The Hall–Kier alpha value is -3.09. The number of benzene rings is 2. The molecular formula is C25H32FN3O3. The molecule has 1 aliphatic rings. The number of methoxy groups -OCH3 is 1. The van der Waals surface area contributed by atoms with E-state index in [-0.39, 0.29) is 17.8 Å². The Morgan fingerprint density at radius 1 is 1.00 bits per heavy atom. The van der Waals surface area contributed by atoms with Crippen molar-refractivity contribution in [1.29, 1.82) is 0 Å². The largest absolute Gasteiger partial charge is 0.497 e. The zero-order valence-corrected chi connectivity index (χ0v) is 19.1. The van der Waals surface area contributed by atoms with Gasteiger partial charge in [-0.05, 0) is 35.7 Å². The van der Waals surface area contributed by atoms with E-state index in [2.05, 4.69) is 5.32 Å². The third-order valence-corrected chi connectivity index (χ3v) is 5.99. The maximum absolute atomic E-state index is 14.1. The van der Waals surface area contributed by atoms with Gasteiger partial charge in [0.2, 0.25) is 5.91 Å². The number of nitrogens with one attached hydrogen (secondary N) is 1. The molecular weight excluding hydrogens is 409 g/mol. The fraction of sp³-hybridized carbons (Fsp3) is 0.440. The molecule has 7 heteroatoms. The van der Waals surface area contributed by atoms with E-state index in [0.717, 1.165) is 11.3 Å².